The lowest BCUT2D eigenvalue weighted by molar-refractivity contribution is -0.143. The van der Waals surface area contributed by atoms with Crippen molar-refractivity contribution in [1.82, 2.24) is 35.0 Å². The van der Waals surface area contributed by atoms with Crippen LogP contribution in [0, 0.1) is 5.92 Å². The SMILES string of the molecule is O=C(O)C1CCCN(Cc2ccc(-c3noc(-c4nnn(C5C=CC=CC5F)c4-c4ccncc4)n3)cc2)C1. The van der Waals surface area contributed by atoms with E-state index < -0.39 is 18.2 Å². The van der Waals surface area contributed by atoms with Gasteiger partial charge in [-0.3, -0.25) is 14.7 Å². The zero-order valence-corrected chi connectivity index (χ0v) is 21.0. The fourth-order valence-electron chi connectivity index (χ4n) is 5.06. The van der Waals surface area contributed by atoms with Crippen LogP contribution in [0.15, 0.2) is 77.6 Å². The zero-order valence-electron chi connectivity index (χ0n) is 21.0. The summed E-state index contributed by atoms with van der Waals surface area (Å²) in [4.78, 5) is 22.2. The number of aromatic nitrogens is 6. The molecule has 3 unspecified atom stereocenters. The maximum absolute atomic E-state index is 14.8. The summed E-state index contributed by atoms with van der Waals surface area (Å²) in [6.07, 6.45) is 10.3. The highest BCUT2D eigenvalue weighted by atomic mass is 19.1. The first kappa shape index (κ1) is 24.8. The number of pyridine rings is 1. The van der Waals surface area contributed by atoms with Crippen molar-refractivity contribution in [3.8, 4) is 34.2 Å². The number of aliphatic carboxylic acids is 1. The number of hydrogen-bond acceptors (Lipinski definition) is 8. The minimum atomic E-state index is -1.26. The summed E-state index contributed by atoms with van der Waals surface area (Å²) < 4.78 is 21.9. The van der Waals surface area contributed by atoms with Crippen molar-refractivity contribution in [1.29, 1.82) is 0 Å². The van der Waals surface area contributed by atoms with E-state index in [-0.39, 0.29) is 11.8 Å². The fourth-order valence-corrected chi connectivity index (χ4v) is 5.06. The number of carbonyl (C=O) groups is 1. The summed E-state index contributed by atoms with van der Waals surface area (Å²) in [5.41, 5.74) is 3.48. The van der Waals surface area contributed by atoms with E-state index in [2.05, 4.69) is 30.3 Å². The van der Waals surface area contributed by atoms with Gasteiger partial charge in [0.15, 0.2) is 5.69 Å². The van der Waals surface area contributed by atoms with E-state index in [4.69, 9.17) is 4.52 Å². The number of allylic oxidation sites excluding steroid dienone is 4. The van der Waals surface area contributed by atoms with Gasteiger partial charge in [-0.05, 0) is 43.2 Å². The van der Waals surface area contributed by atoms with Gasteiger partial charge in [0.2, 0.25) is 5.82 Å². The molecule has 1 fully saturated rings. The Morgan fingerprint density at radius 1 is 1.08 bits per heavy atom. The molecule has 2 aliphatic rings. The molecule has 0 bridgehead atoms. The topological polar surface area (TPSA) is 123 Å². The van der Waals surface area contributed by atoms with Crippen LogP contribution < -0.4 is 0 Å². The molecule has 1 aliphatic heterocycles. The number of benzene rings is 1. The van der Waals surface area contributed by atoms with Gasteiger partial charge >= 0.3 is 5.97 Å². The summed E-state index contributed by atoms with van der Waals surface area (Å²) in [6, 6.07) is 10.7. The molecule has 4 aromatic rings. The Hall–Kier alpha value is -4.51. The van der Waals surface area contributed by atoms with Crippen molar-refractivity contribution in [2.24, 2.45) is 5.92 Å². The average molecular weight is 528 g/mol. The maximum atomic E-state index is 14.8. The Labute approximate surface area is 223 Å². The summed E-state index contributed by atoms with van der Waals surface area (Å²) in [5.74, 6) is -0.482. The molecule has 198 valence electrons. The third-order valence-corrected chi connectivity index (χ3v) is 7.07. The van der Waals surface area contributed by atoms with Gasteiger partial charge in [0.1, 0.15) is 17.9 Å². The molecule has 11 heteroatoms. The molecular formula is C28H26FN7O3. The monoisotopic (exact) mass is 527 g/mol. The van der Waals surface area contributed by atoms with Gasteiger partial charge in [-0.2, -0.15) is 4.98 Å². The lowest BCUT2D eigenvalue weighted by Gasteiger charge is -2.30. The van der Waals surface area contributed by atoms with Crippen LogP contribution in [0.3, 0.4) is 0 Å². The molecule has 10 nitrogen and oxygen atoms in total. The number of carboxylic acids is 1. The van der Waals surface area contributed by atoms with Crippen LogP contribution in [-0.2, 0) is 11.3 Å². The van der Waals surface area contributed by atoms with Gasteiger partial charge in [-0.15, -0.1) is 5.10 Å². The quantitative estimate of drug-likeness (QED) is 0.373. The second kappa shape index (κ2) is 10.7. The van der Waals surface area contributed by atoms with Crippen LogP contribution in [0.2, 0.25) is 0 Å². The molecule has 0 radical (unpaired) electrons. The predicted molar refractivity (Wildman–Crippen MR) is 140 cm³/mol. The van der Waals surface area contributed by atoms with Gasteiger partial charge in [0.05, 0.1) is 5.92 Å². The van der Waals surface area contributed by atoms with Gasteiger partial charge in [0, 0.05) is 36.6 Å². The van der Waals surface area contributed by atoms with Crippen LogP contribution in [0.4, 0.5) is 4.39 Å². The Morgan fingerprint density at radius 3 is 2.64 bits per heavy atom. The summed E-state index contributed by atoms with van der Waals surface area (Å²) >= 11 is 0. The van der Waals surface area contributed by atoms with Crippen molar-refractivity contribution >= 4 is 5.97 Å². The van der Waals surface area contributed by atoms with Crippen molar-refractivity contribution < 1.29 is 18.8 Å². The minimum absolute atomic E-state index is 0.172. The number of hydrogen-bond donors (Lipinski definition) is 1. The molecular weight excluding hydrogens is 501 g/mol. The van der Waals surface area contributed by atoms with Crippen molar-refractivity contribution in [2.45, 2.75) is 31.6 Å². The van der Waals surface area contributed by atoms with Crippen LogP contribution in [0.5, 0.6) is 0 Å². The molecule has 4 heterocycles. The van der Waals surface area contributed by atoms with E-state index >= 15 is 0 Å². The number of carboxylic acid groups (broad SMARTS) is 1. The highest BCUT2D eigenvalue weighted by Gasteiger charge is 2.29. The molecule has 0 saturated carbocycles. The number of alkyl halides is 1. The van der Waals surface area contributed by atoms with Gasteiger partial charge < -0.3 is 9.63 Å². The Bertz CT molecular complexity index is 1510. The summed E-state index contributed by atoms with van der Waals surface area (Å²) in [6.45, 7) is 2.12. The number of piperidine rings is 1. The summed E-state index contributed by atoms with van der Waals surface area (Å²) in [7, 11) is 0. The number of rotatable bonds is 7. The van der Waals surface area contributed by atoms with Crippen molar-refractivity contribution in [3.05, 3.63) is 78.7 Å². The number of halogens is 1. The van der Waals surface area contributed by atoms with E-state index in [0.717, 1.165) is 36.1 Å². The Kier molecular flexibility index (Phi) is 6.80. The number of nitrogens with zero attached hydrogens (tertiary/aromatic N) is 7. The van der Waals surface area contributed by atoms with E-state index in [1.165, 1.54) is 10.8 Å². The normalized spacial score (nSPS) is 21.3. The van der Waals surface area contributed by atoms with E-state index in [9.17, 15) is 14.3 Å². The fraction of sp³-hybridized carbons (Fsp3) is 0.286. The first-order chi connectivity index (χ1) is 19.1. The smallest absolute Gasteiger partial charge is 0.307 e. The average Bonchev–Trinajstić information content (AvgIpc) is 3.62. The minimum Gasteiger partial charge on any atom is -0.481 e. The molecule has 1 aromatic carbocycles. The predicted octanol–water partition coefficient (Wildman–Crippen LogP) is 4.36. The molecule has 3 atom stereocenters. The van der Waals surface area contributed by atoms with E-state index in [1.807, 2.05) is 24.3 Å². The van der Waals surface area contributed by atoms with Crippen LogP contribution in [0.1, 0.15) is 24.4 Å². The van der Waals surface area contributed by atoms with Gasteiger partial charge in [-0.25, -0.2) is 9.07 Å². The molecule has 1 N–H and O–H groups in total. The largest absolute Gasteiger partial charge is 0.481 e. The molecule has 3 aromatic heterocycles. The lowest BCUT2D eigenvalue weighted by Crippen LogP contribution is -2.38. The zero-order chi connectivity index (χ0) is 26.8. The Balaban J connectivity index is 1.25. The van der Waals surface area contributed by atoms with Gasteiger partial charge in [0.25, 0.3) is 5.89 Å². The highest BCUT2D eigenvalue weighted by Crippen LogP contribution is 2.34. The first-order valence-electron chi connectivity index (χ1n) is 12.8. The molecule has 0 amide bonds. The van der Waals surface area contributed by atoms with Crippen LogP contribution in [-0.4, -0.2) is 65.4 Å². The second-order valence-corrected chi connectivity index (χ2v) is 9.70. The third-order valence-electron chi connectivity index (χ3n) is 7.07. The van der Waals surface area contributed by atoms with Crippen LogP contribution >= 0.6 is 0 Å². The highest BCUT2D eigenvalue weighted by molar-refractivity contribution is 5.74. The van der Waals surface area contributed by atoms with Crippen molar-refractivity contribution in [2.75, 3.05) is 13.1 Å². The van der Waals surface area contributed by atoms with E-state index in [1.54, 1.807) is 42.8 Å². The maximum Gasteiger partial charge on any atom is 0.307 e. The summed E-state index contributed by atoms with van der Waals surface area (Å²) in [5, 5.41) is 22.1. The van der Waals surface area contributed by atoms with Gasteiger partial charge in [-0.1, -0.05) is 52.9 Å². The molecule has 6 rings (SSSR count). The van der Waals surface area contributed by atoms with Crippen LogP contribution in [0.25, 0.3) is 34.2 Å². The first-order valence-corrected chi connectivity index (χ1v) is 12.8. The second-order valence-electron chi connectivity index (χ2n) is 9.70. The molecule has 1 aliphatic carbocycles. The molecule has 0 spiro atoms. The third kappa shape index (κ3) is 5.13. The lowest BCUT2D eigenvalue weighted by atomic mass is 9.98. The number of likely N-dealkylation sites (tertiary alicyclic amines) is 1. The molecule has 39 heavy (non-hydrogen) atoms. The van der Waals surface area contributed by atoms with E-state index in [0.29, 0.717) is 30.3 Å². The van der Waals surface area contributed by atoms with Crippen molar-refractivity contribution in [3.63, 3.8) is 0 Å². The Morgan fingerprint density at radius 2 is 1.87 bits per heavy atom. The standard InChI is InChI=1S/C28H26FN7O3/c29-22-5-1-2-6-23(22)36-25(19-11-13-30-14-12-19)24(32-34-36)27-31-26(33-39-27)20-9-7-18(8-10-20)16-35-15-3-4-21(17-35)28(37)38/h1-2,5-14,21-23H,3-4,15-17H2,(H,37,38). The molecule has 1 saturated heterocycles.